The Morgan fingerprint density at radius 2 is 2.44 bits per heavy atom. The third-order valence-electron chi connectivity index (χ3n) is 2.14. The number of nitrogens with zero attached hydrogens (tertiary/aromatic N) is 4. The SMILES string of the molecule is Cc1cc(NCCO)n2ncc(C#N)c2n1. The first kappa shape index (κ1) is 10.4. The van der Waals surface area contributed by atoms with E-state index in [1.54, 1.807) is 4.52 Å². The minimum absolute atomic E-state index is 0.0369. The summed E-state index contributed by atoms with van der Waals surface area (Å²) in [7, 11) is 0. The van der Waals surface area contributed by atoms with Crippen LogP contribution >= 0.6 is 0 Å². The second-order valence-electron chi connectivity index (χ2n) is 3.34. The first-order valence-electron chi connectivity index (χ1n) is 4.86. The molecule has 2 heterocycles. The molecule has 0 fully saturated rings. The molecule has 82 valence electrons. The zero-order valence-corrected chi connectivity index (χ0v) is 8.80. The summed E-state index contributed by atoms with van der Waals surface area (Å²) in [5, 5.41) is 24.7. The fraction of sp³-hybridized carbons (Fsp3) is 0.300. The molecular formula is C10H11N5O. The molecule has 0 aliphatic heterocycles. The molecule has 0 aromatic carbocycles. The largest absolute Gasteiger partial charge is 0.395 e. The molecule has 0 unspecified atom stereocenters. The monoisotopic (exact) mass is 217 g/mol. The summed E-state index contributed by atoms with van der Waals surface area (Å²) in [6.45, 7) is 2.31. The van der Waals surface area contributed by atoms with Gasteiger partial charge in [-0.3, -0.25) is 0 Å². The lowest BCUT2D eigenvalue weighted by molar-refractivity contribution is 0.311. The number of fused-ring (bicyclic) bond motifs is 1. The number of nitriles is 1. The molecule has 6 nitrogen and oxygen atoms in total. The number of aryl methyl sites for hydroxylation is 1. The van der Waals surface area contributed by atoms with Crippen LogP contribution in [0.15, 0.2) is 12.3 Å². The number of aromatic nitrogens is 3. The predicted octanol–water partition coefficient (Wildman–Crippen LogP) is 0.314. The van der Waals surface area contributed by atoms with Gasteiger partial charge in [-0.15, -0.1) is 0 Å². The van der Waals surface area contributed by atoms with Crippen LogP contribution < -0.4 is 5.32 Å². The maximum Gasteiger partial charge on any atom is 0.175 e. The van der Waals surface area contributed by atoms with Gasteiger partial charge in [0.05, 0.1) is 12.8 Å². The Labute approximate surface area is 92.2 Å². The van der Waals surface area contributed by atoms with Crippen molar-refractivity contribution in [2.45, 2.75) is 6.92 Å². The summed E-state index contributed by atoms with van der Waals surface area (Å²) in [6.07, 6.45) is 1.48. The molecule has 2 aromatic rings. The molecule has 6 heteroatoms. The normalized spacial score (nSPS) is 10.3. The van der Waals surface area contributed by atoms with Crippen LogP contribution in [0.3, 0.4) is 0 Å². The van der Waals surface area contributed by atoms with Gasteiger partial charge in [0.1, 0.15) is 17.5 Å². The Morgan fingerprint density at radius 1 is 1.62 bits per heavy atom. The van der Waals surface area contributed by atoms with E-state index < -0.39 is 0 Å². The molecule has 2 N–H and O–H groups in total. The molecule has 0 amide bonds. The summed E-state index contributed by atoms with van der Waals surface area (Å²) < 4.78 is 1.56. The van der Waals surface area contributed by atoms with Gasteiger partial charge in [0.25, 0.3) is 0 Å². The van der Waals surface area contributed by atoms with Crippen LogP contribution in [0, 0.1) is 18.3 Å². The number of anilines is 1. The zero-order valence-electron chi connectivity index (χ0n) is 8.80. The first-order valence-corrected chi connectivity index (χ1v) is 4.86. The van der Waals surface area contributed by atoms with Crippen molar-refractivity contribution >= 4 is 11.5 Å². The van der Waals surface area contributed by atoms with E-state index in [-0.39, 0.29) is 6.61 Å². The van der Waals surface area contributed by atoms with Crippen molar-refractivity contribution in [3.63, 3.8) is 0 Å². The van der Waals surface area contributed by atoms with E-state index in [0.717, 1.165) is 11.5 Å². The van der Waals surface area contributed by atoms with Gasteiger partial charge in [0, 0.05) is 18.3 Å². The van der Waals surface area contributed by atoms with Crippen molar-refractivity contribution in [2.24, 2.45) is 0 Å². The maximum absolute atomic E-state index is 8.88. The Balaban J connectivity index is 2.56. The van der Waals surface area contributed by atoms with Crippen molar-refractivity contribution in [1.82, 2.24) is 14.6 Å². The van der Waals surface area contributed by atoms with E-state index in [4.69, 9.17) is 10.4 Å². The minimum Gasteiger partial charge on any atom is -0.395 e. The van der Waals surface area contributed by atoms with Gasteiger partial charge in [0.2, 0.25) is 0 Å². The zero-order chi connectivity index (χ0) is 11.5. The van der Waals surface area contributed by atoms with Gasteiger partial charge >= 0.3 is 0 Å². The maximum atomic E-state index is 8.88. The highest BCUT2D eigenvalue weighted by atomic mass is 16.3. The van der Waals surface area contributed by atoms with Crippen LogP contribution in [-0.2, 0) is 0 Å². The third kappa shape index (κ3) is 1.68. The molecule has 0 spiro atoms. The van der Waals surface area contributed by atoms with Crippen LogP contribution in [0.5, 0.6) is 0 Å². The van der Waals surface area contributed by atoms with E-state index in [1.807, 2.05) is 19.1 Å². The fourth-order valence-electron chi connectivity index (χ4n) is 1.47. The molecule has 2 rings (SSSR count). The van der Waals surface area contributed by atoms with Crippen molar-refractivity contribution < 1.29 is 5.11 Å². The lowest BCUT2D eigenvalue weighted by Crippen LogP contribution is -2.10. The average Bonchev–Trinajstić information content (AvgIpc) is 2.68. The van der Waals surface area contributed by atoms with E-state index in [1.165, 1.54) is 6.20 Å². The van der Waals surface area contributed by atoms with E-state index in [2.05, 4.69) is 15.4 Å². The van der Waals surface area contributed by atoms with Gasteiger partial charge in [-0.1, -0.05) is 0 Å². The highest BCUT2D eigenvalue weighted by Gasteiger charge is 2.09. The molecule has 0 bridgehead atoms. The summed E-state index contributed by atoms with van der Waals surface area (Å²) in [6, 6.07) is 3.85. The second kappa shape index (κ2) is 4.16. The van der Waals surface area contributed by atoms with Crippen LogP contribution in [0.25, 0.3) is 5.65 Å². The number of nitrogens with one attached hydrogen (secondary N) is 1. The molecule has 2 aromatic heterocycles. The van der Waals surface area contributed by atoms with E-state index in [9.17, 15) is 0 Å². The van der Waals surface area contributed by atoms with Crippen LogP contribution in [-0.4, -0.2) is 32.9 Å². The highest BCUT2D eigenvalue weighted by molar-refractivity contribution is 5.58. The molecule has 16 heavy (non-hydrogen) atoms. The minimum atomic E-state index is 0.0369. The van der Waals surface area contributed by atoms with Crippen molar-refractivity contribution in [1.29, 1.82) is 5.26 Å². The Kier molecular flexibility index (Phi) is 2.70. The summed E-state index contributed by atoms with van der Waals surface area (Å²) in [5.41, 5.74) is 1.77. The van der Waals surface area contributed by atoms with Gasteiger partial charge < -0.3 is 10.4 Å². The summed E-state index contributed by atoms with van der Waals surface area (Å²) in [5.74, 6) is 0.720. The Morgan fingerprint density at radius 3 is 3.12 bits per heavy atom. The Hall–Kier alpha value is -2.13. The lowest BCUT2D eigenvalue weighted by Gasteiger charge is -2.07. The quantitative estimate of drug-likeness (QED) is 0.772. The van der Waals surface area contributed by atoms with Crippen LogP contribution in [0.2, 0.25) is 0 Å². The number of aliphatic hydroxyl groups is 1. The second-order valence-corrected chi connectivity index (χ2v) is 3.34. The standard InChI is InChI=1S/C10H11N5O/c1-7-4-9(12-2-3-16)15-10(14-7)8(5-11)6-13-15/h4,6,12,16H,2-3H2,1H3. The first-order chi connectivity index (χ1) is 7.76. The molecule has 0 atom stereocenters. The van der Waals surface area contributed by atoms with Crippen molar-refractivity contribution in [3.05, 3.63) is 23.5 Å². The van der Waals surface area contributed by atoms with Gasteiger partial charge in [-0.25, -0.2) is 4.98 Å². The van der Waals surface area contributed by atoms with E-state index in [0.29, 0.717) is 17.8 Å². The highest BCUT2D eigenvalue weighted by Crippen LogP contribution is 2.14. The summed E-state index contributed by atoms with van der Waals surface area (Å²) in [4.78, 5) is 4.25. The number of hydrogen-bond donors (Lipinski definition) is 2. The number of aliphatic hydroxyl groups excluding tert-OH is 1. The van der Waals surface area contributed by atoms with Crippen molar-refractivity contribution in [3.8, 4) is 6.07 Å². The molecule has 0 saturated carbocycles. The van der Waals surface area contributed by atoms with Crippen LogP contribution in [0.4, 0.5) is 5.82 Å². The summed E-state index contributed by atoms with van der Waals surface area (Å²) >= 11 is 0. The van der Waals surface area contributed by atoms with E-state index >= 15 is 0 Å². The smallest absolute Gasteiger partial charge is 0.175 e. The van der Waals surface area contributed by atoms with Gasteiger partial charge in [0.15, 0.2) is 5.65 Å². The molecule has 0 radical (unpaired) electrons. The fourth-order valence-corrected chi connectivity index (χ4v) is 1.47. The van der Waals surface area contributed by atoms with Gasteiger partial charge in [-0.05, 0) is 6.92 Å². The molecule has 0 saturated heterocycles. The Bertz CT molecular complexity index is 554. The van der Waals surface area contributed by atoms with Crippen molar-refractivity contribution in [2.75, 3.05) is 18.5 Å². The number of rotatable bonds is 3. The molecule has 0 aliphatic rings. The van der Waals surface area contributed by atoms with Crippen LogP contribution in [0.1, 0.15) is 11.3 Å². The number of hydrogen-bond acceptors (Lipinski definition) is 5. The lowest BCUT2D eigenvalue weighted by atomic mass is 10.3. The average molecular weight is 217 g/mol. The third-order valence-corrected chi connectivity index (χ3v) is 2.14. The molecule has 0 aliphatic carbocycles. The van der Waals surface area contributed by atoms with Gasteiger partial charge in [-0.2, -0.15) is 14.9 Å². The predicted molar refractivity (Wildman–Crippen MR) is 58.0 cm³/mol. The molecular weight excluding hydrogens is 206 g/mol. The topological polar surface area (TPSA) is 86.2 Å².